The summed E-state index contributed by atoms with van der Waals surface area (Å²) in [5.41, 5.74) is -1.06. The van der Waals surface area contributed by atoms with Crippen LogP contribution >= 0.6 is 0 Å². The van der Waals surface area contributed by atoms with E-state index in [4.69, 9.17) is 0 Å². The van der Waals surface area contributed by atoms with Crippen molar-refractivity contribution in [3.63, 3.8) is 0 Å². The highest BCUT2D eigenvalue weighted by atomic mass is 19.1. The van der Waals surface area contributed by atoms with Crippen LogP contribution in [0.4, 0.5) is 4.39 Å². The van der Waals surface area contributed by atoms with Gasteiger partial charge in [0.05, 0.1) is 6.10 Å². The fraction of sp³-hybridized carbons (Fsp3) is 1.00. The predicted molar refractivity (Wildman–Crippen MR) is 52.3 cm³/mol. The average molecular weight is 188 g/mol. The highest BCUT2D eigenvalue weighted by molar-refractivity contribution is 4.92. The van der Waals surface area contributed by atoms with Crippen LogP contribution in [-0.4, -0.2) is 16.9 Å². The van der Waals surface area contributed by atoms with E-state index in [0.29, 0.717) is 12.8 Å². The molecule has 1 nitrogen and oxygen atoms in total. The van der Waals surface area contributed by atoms with Crippen LogP contribution < -0.4 is 0 Å². The van der Waals surface area contributed by atoms with Crippen molar-refractivity contribution >= 4 is 0 Å². The van der Waals surface area contributed by atoms with Crippen LogP contribution in [0.5, 0.6) is 0 Å². The fourth-order valence-electron chi connectivity index (χ4n) is 2.34. The van der Waals surface area contributed by atoms with Gasteiger partial charge in [0.15, 0.2) is 0 Å². The minimum absolute atomic E-state index is 0.0932. The highest BCUT2D eigenvalue weighted by Crippen LogP contribution is 2.42. The van der Waals surface area contributed by atoms with Gasteiger partial charge >= 0.3 is 0 Å². The lowest BCUT2D eigenvalue weighted by Gasteiger charge is -2.42. The first-order valence-electron chi connectivity index (χ1n) is 5.09. The molecule has 0 aromatic rings. The van der Waals surface area contributed by atoms with E-state index in [0.717, 1.165) is 6.42 Å². The van der Waals surface area contributed by atoms with Crippen molar-refractivity contribution in [2.24, 2.45) is 11.3 Å². The predicted octanol–water partition coefficient (Wildman–Crippen LogP) is 2.92. The monoisotopic (exact) mass is 188 g/mol. The van der Waals surface area contributed by atoms with Crippen molar-refractivity contribution in [2.45, 2.75) is 58.7 Å². The summed E-state index contributed by atoms with van der Waals surface area (Å²) in [5.74, 6) is 0.247. The van der Waals surface area contributed by atoms with Crippen molar-refractivity contribution < 1.29 is 9.50 Å². The molecule has 0 aromatic heterocycles. The number of rotatable bonds is 0. The Morgan fingerprint density at radius 3 is 2.31 bits per heavy atom. The number of aliphatic hydroxyl groups excluding tert-OH is 1. The third-order valence-electron chi connectivity index (χ3n) is 3.19. The molecule has 1 rings (SSSR count). The Labute approximate surface area is 80.3 Å². The van der Waals surface area contributed by atoms with E-state index < -0.39 is 11.8 Å². The number of aliphatic hydroxyl groups is 1. The molecule has 0 amide bonds. The molecule has 0 bridgehead atoms. The average Bonchev–Trinajstić information content (AvgIpc) is 1.80. The molecule has 3 atom stereocenters. The fourth-order valence-corrected chi connectivity index (χ4v) is 2.34. The summed E-state index contributed by atoms with van der Waals surface area (Å²) in [4.78, 5) is 0. The van der Waals surface area contributed by atoms with Crippen LogP contribution in [-0.2, 0) is 0 Å². The lowest BCUT2D eigenvalue weighted by molar-refractivity contribution is -0.0477. The first kappa shape index (κ1) is 11.0. The van der Waals surface area contributed by atoms with E-state index in [1.807, 2.05) is 0 Å². The Bertz CT molecular complexity index is 181. The molecule has 13 heavy (non-hydrogen) atoms. The van der Waals surface area contributed by atoms with Crippen LogP contribution in [0.15, 0.2) is 0 Å². The second-order valence-electron chi connectivity index (χ2n) is 5.70. The summed E-state index contributed by atoms with van der Waals surface area (Å²) < 4.78 is 13.5. The molecule has 1 fully saturated rings. The molecule has 3 unspecified atom stereocenters. The van der Waals surface area contributed by atoms with Crippen LogP contribution in [0.25, 0.3) is 0 Å². The molecule has 1 aliphatic carbocycles. The first-order chi connectivity index (χ1) is 5.72. The van der Waals surface area contributed by atoms with E-state index in [1.165, 1.54) is 0 Å². The third-order valence-corrected chi connectivity index (χ3v) is 3.19. The SMILES string of the molecule is CC1(F)CCC(C(C)(C)C)C(O)C1. The molecule has 0 heterocycles. The topological polar surface area (TPSA) is 20.2 Å². The minimum atomic E-state index is -1.15. The molecule has 0 radical (unpaired) electrons. The highest BCUT2D eigenvalue weighted by Gasteiger charge is 2.41. The minimum Gasteiger partial charge on any atom is -0.393 e. The van der Waals surface area contributed by atoms with Gasteiger partial charge in [-0.1, -0.05) is 20.8 Å². The smallest absolute Gasteiger partial charge is 0.110 e. The van der Waals surface area contributed by atoms with Gasteiger partial charge in [0, 0.05) is 6.42 Å². The lowest BCUT2D eigenvalue weighted by Crippen LogP contribution is -2.42. The summed E-state index contributed by atoms with van der Waals surface area (Å²) in [6, 6.07) is 0. The zero-order valence-corrected chi connectivity index (χ0v) is 9.10. The van der Waals surface area contributed by atoms with Crippen LogP contribution in [0.1, 0.15) is 47.0 Å². The van der Waals surface area contributed by atoms with Gasteiger partial charge in [-0.15, -0.1) is 0 Å². The van der Waals surface area contributed by atoms with E-state index >= 15 is 0 Å². The van der Waals surface area contributed by atoms with Crippen molar-refractivity contribution in [3.05, 3.63) is 0 Å². The largest absolute Gasteiger partial charge is 0.393 e. The van der Waals surface area contributed by atoms with E-state index in [-0.39, 0.29) is 11.3 Å². The van der Waals surface area contributed by atoms with Gasteiger partial charge in [-0.25, -0.2) is 4.39 Å². The second kappa shape index (κ2) is 3.23. The van der Waals surface area contributed by atoms with Gasteiger partial charge in [-0.05, 0) is 31.1 Å². The van der Waals surface area contributed by atoms with Crippen molar-refractivity contribution in [1.82, 2.24) is 0 Å². The van der Waals surface area contributed by atoms with Gasteiger partial charge in [0.2, 0.25) is 0 Å². The van der Waals surface area contributed by atoms with Crippen molar-refractivity contribution in [3.8, 4) is 0 Å². The summed E-state index contributed by atoms with van der Waals surface area (Å²) in [7, 11) is 0. The number of hydrogen-bond donors (Lipinski definition) is 1. The Balaban J connectivity index is 2.64. The molecule has 78 valence electrons. The van der Waals surface area contributed by atoms with Gasteiger partial charge in [-0.2, -0.15) is 0 Å². The quantitative estimate of drug-likeness (QED) is 0.619. The van der Waals surface area contributed by atoms with Gasteiger partial charge < -0.3 is 5.11 Å². The Morgan fingerprint density at radius 2 is 1.92 bits per heavy atom. The van der Waals surface area contributed by atoms with Crippen LogP contribution in [0.2, 0.25) is 0 Å². The zero-order chi connectivity index (χ0) is 10.3. The number of halogens is 1. The van der Waals surface area contributed by atoms with Gasteiger partial charge in [0.25, 0.3) is 0 Å². The van der Waals surface area contributed by atoms with Crippen LogP contribution in [0, 0.1) is 11.3 Å². The maximum atomic E-state index is 13.5. The molecule has 1 aliphatic rings. The molecule has 0 spiro atoms. The lowest BCUT2D eigenvalue weighted by atomic mass is 9.68. The van der Waals surface area contributed by atoms with Crippen LogP contribution in [0.3, 0.4) is 0 Å². The summed E-state index contributed by atoms with van der Waals surface area (Å²) in [6.07, 6.45) is 1.22. The molecular formula is C11H21FO. The summed E-state index contributed by atoms with van der Waals surface area (Å²) in [6.45, 7) is 7.93. The molecule has 1 N–H and O–H groups in total. The summed E-state index contributed by atoms with van der Waals surface area (Å²) in [5, 5.41) is 9.80. The maximum Gasteiger partial charge on any atom is 0.110 e. The Morgan fingerprint density at radius 1 is 1.38 bits per heavy atom. The normalized spacial score (nSPS) is 42.0. The second-order valence-corrected chi connectivity index (χ2v) is 5.70. The van der Waals surface area contributed by atoms with E-state index in [2.05, 4.69) is 20.8 Å². The zero-order valence-electron chi connectivity index (χ0n) is 9.10. The molecule has 1 saturated carbocycles. The van der Waals surface area contributed by atoms with Gasteiger partial charge in [-0.3, -0.25) is 0 Å². The van der Waals surface area contributed by atoms with E-state index in [9.17, 15) is 9.50 Å². The van der Waals surface area contributed by atoms with Crippen molar-refractivity contribution in [2.75, 3.05) is 0 Å². The number of hydrogen-bond acceptors (Lipinski definition) is 1. The van der Waals surface area contributed by atoms with Gasteiger partial charge in [0.1, 0.15) is 5.67 Å². The molecule has 0 aromatic carbocycles. The van der Waals surface area contributed by atoms with E-state index in [1.54, 1.807) is 6.92 Å². The summed E-state index contributed by atoms with van der Waals surface area (Å²) >= 11 is 0. The van der Waals surface area contributed by atoms with Crippen molar-refractivity contribution in [1.29, 1.82) is 0 Å². The number of alkyl halides is 1. The molecule has 0 aliphatic heterocycles. The molecule has 0 saturated heterocycles. The maximum absolute atomic E-state index is 13.5. The standard InChI is InChI=1S/C11H21FO/c1-10(2,3)8-5-6-11(4,12)7-9(8)13/h8-9,13H,5-7H2,1-4H3. The Hall–Kier alpha value is -0.110. The molecule has 2 heteroatoms. The first-order valence-corrected chi connectivity index (χ1v) is 5.09. The Kier molecular flexibility index (Phi) is 2.73. The third kappa shape index (κ3) is 2.67. The molecular weight excluding hydrogens is 167 g/mol.